The molecule has 1 aliphatic carbocycles. The Hall–Kier alpha value is -0.680. The van der Waals surface area contributed by atoms with Gasteiger partial charge in [-0.05, 0) is 46.0 Å². The van der Waals surface area contributed by atoms with E-state index in [0.29, 0.717) is 5.92 Å². The molecule has 108 valence electrons. The monoisotopic (exact) mass is 268 g/mol. The van der Waals surface area contributed by atoms with Crippen molar-refractivity contribution in [2.75, 3.05) is 0 Å². The van der Waals surface area contributed by atoms with Crippen LogP contribution in [-0.4, -0.2) is 22.1 Å². The topological polar surface area (TPSA) is 47.9 Å². The first-order valence-electron chi connectivity index (χ1n) is 6.88. The first-order valence-corrected chi connectivity index (χ1v) is 6.88. The highest BCUT2D eigenvalue weighted by Gasteiger charge is 2.48. The van der Waals surface area contributed by atoms with Gasteiger partial charge in [-0.15, -0.1) is 0 Å². The maximum absolute atomic E-state index is 8.73. The Morgan fingerprint density at radius 3 is 2.58 bits per heavy atom. The normalized spacial score (nSPS) is 36.1. The summed E-state index contributed by atoms with van der Waals surface area (Å²) < 4.78 is 0. The molecule has 4 nitrogen and oxygen atoms in total. The molecule has 3 unspecified atom stereocenters. The minimum absolute atomic E-state index is 0.246. The maximum atomic E-state index is 8.73. The molecular weight excluding hydrogens is 244 g/mol. The van der Waals surface area contributed by atoms with Crippen LogP contribution in [0.15, 0.2) is 24.3 Å². The van der Waals surface area contributed by atoms with Crippen molar-refractivity contribution in [2.45, 2.75) is 63.8 Å². The van der Waals surface area contributed by atoms with Gasteiger partial charge in [-0.1, -0.05) is 31.2 Å². The molecule has 3 aliphatic rings. The highest BCUT2D eigenvalue weighted by molar-refractivity contribution is 5.18. The predicted molar refractivity (Wildman–Crippen MR) is 72.4 cm³/mol. The van der Waals surface area contributed by atoms with E-state index in [1.165, 1.54) is 0 Å². The molecule has 0 aromatic carbocycles. The largest absolute Gasteiger partial charge is 0.251 e. The minimum Gasteiger partial charge on any atom is -0.251 e. The van der Waals surface area contributed by atoms with E-state index in [9.17, 15) is 0 Å². The second-order valence-electron chi connectivity index (χ2n) is 6.50. The van der Waals surface area contributed by atoms with Crippen LogP contribution in [0.4, 0.5) is 0 Å². The van der Waals surface area contributed by atoms with E-state index < -0.39 is 5.60 Å². The van der Waals surface area contributed by atoms with E-state index in [1.807, 2.05) is 19.1 Å². The van der Waals surface area contributed by atoms with Crippen LogP contribution >= 0.6 is 0 Å². The smallest absolute Gasteiger partial charge is 0.125 e. The molecule has 19 heavy (non-hydrogen) atoms. The van der Waals surface area contributed by atoms with Crippen molar-refractivity contribution < 1.29 is 19.9 Å². The van der Waals surface area contributed by atoms with Crippen molar-refractivity contribution in [3.63, 3.8) is 0 Å². The highest BCUT2D eigenvalue weighted by Crippen LogP contribution is 2.45. The Balaban J connectivity index is 1.98. The van der Waals surface area contributed by atoms with Crippen LogP contribution in [0.1, 0.15) is 47.0 Å². The van der Waals surface area contributed by atoms with E-state index in [4.69, 9.17) is 15.0 Å². The summed E-state index contributed by atoms with van der Waals surface area (Å²) in [6.45, 7) is 7.80. The highest BCUT2D eigenvalue weighted by atomic mass is 17.2. The lowest BCUT2D eigenvalue weighted by atomic mass is 9.74. The zero-order chi connectivity index (χ0) is 14.1. The van der Waals surface area contributed by atoms with Gasteiger partial charge in [0.1, 0.15) is 16.8 Å². The van der Waals surface area contributed by atoms with Crippen LogP contribution < -0.4 is 0 Å². The minimum atomic E-state index is -0.651. The van der Waals surface area contributed by atoms with Gasteiger partial charge in [0.05, 0.1) is 0 Å². The molecule has 0 amide bonds. The number of hydrogen-bond donors (Lipinski definition) is 1. The van der Waals surface area contributed by atoms with Gasteiger partial charge in [-0.2, -0.15) is 0 Å². The van der Waals surface area contributed by atoms with Crippen LogP contribution in [0, 0.1) is 5.92 Å². The summed E-state index contributed by atoms with van der Waals surface area (Å²) in [6.07, 6.45) is 11.0. The van der Waals surface area contributed by atoms with Crippen LogP contribution in [0.2, 0.25) is 0 Å². The van der Waals surface area contributed by atoms with Gasteiger partial charge in [-0.25, -0.2) is 14.7 Å². The Kier molecular flexibility index (Phi) is 3.89. The summed E-state index contributed by atoms with van der Waals surface area (Å²) >= 11 is 0. The molecule has 4 heteroatoms. The Labute approximate surface area is 114 Å². The molecule has 1 saturated heterocycles. The number of rotatable bonds is 5. The zero-order valence-electron chi connectivity index (χ0n) is 12.2. The first kappa shape index (κ1) is 14.7. The van der Waals surface area contributed by atoms with Gasteiger partial charge in [0, 0.05) is 0 Å². The maximum Gasteiger partial charge on any atom is 0.125 e. The molecule has 0 aromatic heterocycles. The van der Waals surface area contributed by atoms with Gasteiger partial charge in [0.25, 0.3) is 0 Å². The summed E-state index contributed by atoms with van der Waals surface area (Å²) in [5.41, 5.74) is -1.21. The lowest BCUT2D eigenvalue weighted by molar-refractivity contribution is -0.431. The van der Waals surface area contributed by atoms with Gasteiger partial charge in [0.2, 0.25) is 0 Å². The van der Waals surface area contributed by atoms with Gasteiger partial charge in [0.15, 0.2) is 0 Å². The molecule has 3 atom stereocenters. The van der Waals surface area contributed by atoms with E-state index in [-0.39, 0.29) is 11.2 Å². The fourth-order valence-corrected chi connectivity index (χ4v) is 2.52. The van der Waals surface area contributed by atoms with Crippen LogP contribution in [0.5, 0.6) is 0 Å². The number of hydrogen-bond acceptors (Lipinski definition) is 4. The molecule has 0 radical (unpaired) electrons. The first-order chi connectivity index (χ1) is 8.81. The number of fused-ring (bicyclic) bond motifs is 2. The summed E-state index contributed by atoms with van der Waals surface area (Å²) in [5, 5.41) is 8.73. The van der Waals surface area contributed by atoms with Crippen molar-refractivity contribution in [1.82, 2.24) is 0 Å². The van der Waals surface area contributed by atoms with E-state index in [0.717, 1.165) is 19.3 Å². The standard InChI is InChI=1S/C15H24O4/c1-12(6-5-7-13(2,3)17-16)15-10-8-14(4,9-11-15)18-19-15/h5,7-8,10,12,16H,6,9,11H2,1-4H3/b7-5+. The molecule has 1 fully saturated rings. The average molecular weight is 268 g/mol. The van der Waals surface area contributed by atoms with Crippen molar-refractivity contribution in [1.29, 1.82) is 0 Å². The summed E-state index contributed by atoms with van der Waals surface area (Å²) in [5.74, 6) is 0.305. The summed E-state index contributed by atoms with van der Waals surface area (Å²) in [6, 6.07) is 0. The van der Waals surface area contributed by atoms with Gasteiger partial charge < -0.3 is 0 Å². The second-order valence-corrected chi connectivity index (χ2v) is 6.50. The van der Waals surface area contributed by atoms with Crippen LogP contribution in [0.3, 0.4) is 0 Å². The van der Waals surface area contributed by atoms with Crippen LogP contribution in [-0.2, 0) is 14.7 Å². The Morgan fingerprint density at radius 1 is 1.37 bits per heavy atom. The van der Waals surface area contributed by atoms with Gasteiger partial charge >= 0.3 is 0 Å². The second kappa shape index (κ2) is 5.02. The van der Waals surface area contributed by atoms with Gasteiger partial charge in [-0.3, -0.25) is 5.26 Å². The quantitative estimate of drug-likeness (QED) is 0.470. The molecule has 3 rings (SSSR count). The third kappa shape index (κ3) is 3.08. The molecule has 2 bridgehead atoms. The fraction of sp³-hybridized carbons (Fsp3) is 0.733. The molecule has 1 N–H and O–H groups in total. The lowest BCUT2D eigenvalue weighted by Gasteiger charge is -2.48. The van der Waals surface area contributed by atoms with Crippen molar-refractivity contribution >= 4 is 0 Å². The third-order valence-electron chi connectivity index (χ3n) is 4.20. The molecular formula is C15H24O4. The third-order valence-corrected chi connectivity index (χ3v) is 4.20. The predicted octanol–water partition coefficient (Wildman–Crippen LogP) is 3.65. The Bertz CT molecular complexity index is 376. The molecule has 0 aromatic rings. The van der Waals surface area contributed by atoms with E-state index in [1.54, 1.807) is 13.8 Å². The Morgan fingerprint density at radius 2 is 2.11 bits per heavy atom. The zero-order valence-corrected chi connectivity index (χ0v) is 12.2. The molecule has 0 saturated carbocycles. The lowest BCUT2D eigenvalue weighted by Crippen LogP contribution is -2.51. The summed E-state index contributed by atoms with van der Waals surface area (Å²) in [4.78, 5) is 15.5. The van der Waals surface area contributed by atoms with Crippen molar-refractivity contribution in [3.05, 3.63) is 24.3 Å². The molecule has 0 spiro atoms. The van der Waals surface area contributed by atoms with E-state index >= 15 is 0 Å². The molecule has 2 aliphatic heterocycles. The number of allylic oxidation sites excluding steroid dienone is 1. The molecule has 2 heterocycles. The van der Waals surface area contributed by atoms with Crippen molar-refractivity contribution in [2.24, 2.45) is 5.92 Å². The van der Waals surface area contributed by atoms with E-state index in [2.05, 4.69) is 24.0 Å². The average Bonchev–Trinajstić information content (AvgIpc) is 2.39. The summed E-state index contributed by atoms with van der Waals surface area (Å²) in [7, 11) is 0. The van der Waals surface area contributed by atoms with Crippen molar-refractivity contribution in [3.8, 4) is 0 Å². The SMILES string of the molecule is CC(C/C=C/C(C)(C)OO)C12C=CC(C)(CC1)OO2. The fourth-order valence-electron chi connectivity index (χ4n) is 2.52. The van der Waals surface area contributed by atoms with Crippen LogP contribution in [0.25, 0.3) is 0 Å².